The van der Waals surface area contributed by atoms with E-state index in [1.54, 1.807) is 40.0 Å². The zero-order chi connectivity index (χ0) is 58.6. The lowest BCUT2D eigenvalue weighted by Gasteiger charge is -2.34. The summed E-state index contributed by atoms with van der Waals surface area (Å²) in [5.74, 6) is -8.68. The Hall–Kier alpha value is -7.56. The number of rotatable bonds is 19. The summed E-state index contributed by atoms with van der Waals surface area (Å²) in [6, 6.07) is 3.91. The SMILES string of the molecule is CN[C@]1(C)CCCC=CCCC[C@](C)(C(=O)NC(Cc2ccc(O)cc2)C(=O)N[C@@H](Cc2ccc(O)cc2)C(=O)NCC(=O)N2CCC[C@H]2C(N)=O)NC(=O)[C@H](CC(C)C)NC(=O)[C@H](CC(C)C)NC(=O)[C@H](CC(=O)O)NC1=O. The van der Waals surface area contributed by atoms with Crippen molar-refractivity contribution in [2.24, 2.45) is 17.6 Å². The largest absolute Gasteiger partial charge is 0.508 e. The van der Waals surface area contributed by atoms with Gasteiger partial charge in [0.1, 0.15) is 53.3 Å². The zero-order valence-corrected chi connectivity index (χ0v) is 46.4. The molecular formula is C56H82N10O13. The molecule has 0 saturated carbocycles. The fraction of sp³-hybridized carbons (Fsp3) is 0.571. The van der Waals surface area contributed by atoms with Crippen molar-refractivity contribution in [1.29, 1.82) is 0 Å². The van der Waals surface area contributed by atoms with Crippen LogP contribution in [0.2, 0.25) is 0 Å². The third-order valence-electron chi connectivity index (χ3n) is 14.2. The molecular weight excluding hydrogens is 1020 g/mol. The van der Waals surface area contributed by atoms with Crippen LogP contribution < -0.4 is 48.3 Å². The standard InChI is InChI=1S/C56H82N10O13/c1-33(2)27-39-49(74)61-40(28-34(3)4)52(77)65-56(6,25-13-11-9-8-10-12-24-55(5,58-7)53(78)64-43(31-46(70)71)51(76)60-39)54(79)63-42(30-36-18-22-38(68)23-19-36)50(75)62-41(29-35-16-20-37(67)21-17-35)48(73)59-32-45(69)66-26-14-15-44(66)47(57)72/h8-9,16-23,33-34,39-44,58,67-68H,10-15,24-32H2,1-7H3,(H2,57,72)(H,59,73)(H,60,76)(H,61,74)(H,62,75)(H,63,79)(H,64,78)(H,65,77)(H,70,71)/t39-,40-,41-,42?,43-,44-,55+,56+/m0/s1. The van der Waals surface area contributed by atoms with Gasteiger partial charge in [0.05, 0.1) is 18.5 Å². The maximum absolute atomic E-state index is 15.0. The van der Waals surface area contributed by atoms with E-state index < -0.39 is 119 Å². The number of primary amides is 1. The van der Waals surface area contributed by atoms with E-state index in [9.17, 15) is 58.5 Å². The van der Waals surface area contributed by atoms with E-state index >= 15 is 4.79 Å². The second kappa shape index (κ2) is 30.0. The molecule has 23 nitrogen and oxygen atoms in total. The number of likely N-dealkylation sites (N-methyl/N-ethyl adjacent to an activating group) is 1. The number of likely N-dealkylation sites (tertiary alicyclic amines) is 1. The van der Waals surface area contributed by atoms with Crippen LogP contribution in [0.1, 0.15) is 123 Å². The molecule has 2 aromatic rings. The van der Waals surface area contributed by atoms with Gasteiger partial charge in [-0.1, -0.05) is 64.1 Å². The number of benzene rings is 2. The smallest absolute Gasteiger partial charge is 0.305 e. The van der Waals surface area contributed by atoms with E-state index in [0.717, 1.165) is 0 Å². The minimum Gasteiger partial charge on any atom is -0.508 e. The molecule has 13 N–H and O–H groups in total. The zero-order valence-electron chi connectivity index (χ0n) is 46.4. The molecule has 0 aromatic heterocycles. The van der Waals surface area contributed by atoms with E-state index in [1.807, 2.05) is 26.0 Å². The maximum atomic E-state index is 15.0. The van der Waals surface area contributed by atoms with Gasteiger partial charge in [-0.25, -0.2) is 0 Å². The summed E-state index contributed by atoms with van der Waals surface area (Å²) >= 11 is 0. The number of carboxylic acid groups (broad SMARTS) is 1. The van der Waals surface area contributed by atoms with Crippen molar-refractivity contribution in [1.82, 2.24) is 47.4 Å². The Morgan fingerprint density at radius 2 is 1.20 bits per heavy atom. The minimum absolute atomic E-state index is 0.00728. The fourth-order valence-corrected chi connectivity index (χ4v) is 9.47. The van der Waals surface area contributed by atoms with Gasteiger partial charge in [0.25, 0.3) is 0 Å². The van der Waals surface area contributed by atoms with E-state index in [2.05, 4.69) is 42.5 Å². The van der Waals surface area contributed by atoms with Gasteiger partial charge in [-0.2, -0.15) is 0 Å². The highest BCUT2D eigenvalue weighted by Gasteiger charge is 2.41. The molecule has 2 heterocycles. The highest BCUT2D eigenvalue weighted by molar-refractivity contribution is 6.00. The van der Waals surface area contributed by atoms with E-state index in [4.69, 9.17) is 5.73 Å². The molecule has 2 aliphatic rings. The van der Waals surface area contributed by atoms with Gasteiger partial charge in [-0.15, -0.1) is 0 Å². The van der Waals surface area contributed by atoms with Crippen LogP contribution in [0.25, 0.3) is 0 Å². The molecule has 0 aliphatic carbocycles. The lowest BCUT2D eigenvalue weighted by Crippen LogP contribution is -2.64. The topological polar surface area (TPSA) is 357 Å². The van der Waals surface area contributed by atoms with Crippen molar-refractivity contribution in [3.8, 4) is 11.5 Å². The molecule has 23 heteroatoms. The number of nitrogens with zero attached hydrogens (tertiary/aromatic N) is 1. The summed E-state index contributed by atoms with van der Waals surface area (Å²) in [5.41, 5.74) is 3.52. The predicted molar refractivity (Wildman–Crippen MR) is 292 cm³/mol. The van der Waals surface area contributed by atoms with E-state index in [0.29, 0.717) is 56.1 Å². The van der Waals surface area contributed by atoms with E-state index in [-0.39, 0.29) is 62.0 Å². The Labute approximate surface area is 461 Å². The summed E-state index contributed by atoms with van der Waals surface area (Å²) in [6.07, 6.45) is 5.76. The molecule has 0 spiro atoms. The Bertz CT molecular complexity index is 2500. The summed E-state index contributed by atoms with van der Waals surface area (Å²) in [6.45, 7) is 10.1. The number of carboxylic acids is 1. The lowest BCUT2D eigenvalue weighted by molar-refractivity contribution is -0.142. The van der Waals surface area contributed by atoms with Crippen LogP contribution in [0.5, 0.6) is 11.5 Å². The summed E-state index contributed by atoms with van der Waals surface area (Å²) in [4.78, 5) is 139. The number of phenols is 2. The number of hydrogen-bond acceptors (Lipinski definition) is 13. The molecule has 8 atom stereocenters. The quantitative estimate of drug-likeness (QED) is 0.0881. The number of carbonyl (C=O) groups excluding carboxylic acids is 9. The number of carbonyl (C=O) groups is 10. The third-order valence-corrected chi connectivity index (χ3v) is 14.2. The van der Waals surface area contributed by atoms with Crippen LogP contribution >= 0.6 is 0 Å². The molecule has 4 rings (SSSR count). The number of allylic oxidation sites excluding steroid dienone is 2. The number of amides is 9. The van der Waals surface area contributed by atoms with Gasteiger partial charge in [0.15, 0.2) is 0 Å². The second-order valence-corrected chi connectivity index (χ2v) is 21.9. The molecule has 1 saturated heterocycles. The van der Waals surface area contributed by atoms with Crippen LogP contribution in [-0.4, -0.2) is 147 Å². The summed E-state index contributed by atoms with van der Waals surface area (Å²) in [5, 5.41) is 51.8. The average Bonchev–Trinajstić information content (AvgIpc) is 3.90. The van der Waals surface area contributed by atoms with Crippen LogP contribution in [0.4, 0.5) is 0 Å². The van der Waals surface area contributed by atoms with Gasteiger partial charge in [-0.3, -0.25) is 47.9 Å². The first-order valence-electron chi connectivity index (χ1n) is 27.1. The van der Waals surface area contributed by atoms with Crippen LogP contribution in [0.3, 0.4) is 0 Å². The minimum atomic E-state index is -1.78. The monoisotopic (exact) mass is 1100 g/mol. The molecule has 1 fully saturated rings. The number of aromatic hydroxyl groups is 2. The Morgan fingerprint density at radius 3 is 1.71 bits per heavy atom. The van der Waals surface area contributed by atoms with Crippen LogP contribution in [-0.2, 0) is 60.8 Å². The Morgan fingerprint density at radius 1 is 0.696 bits per heavy atom. The van der Waals surface area contributed by atoms with Crippen molar-refractivity contribution in [2.45, 2.75) is 172 Å². The number of nitrogens with two attached hydrogens (primary N) is 1. The van der Waals surface area contributed by atoms with Gasteiger partial charge >= 0.3 is 5.97 Å². The number of nitrogens with one attached hydrogen (secondary N) is 8. The Kier molecular flexibility index (Phi) is 24.3. The van der Waals surface area contributed by atoms with Crippen molar-refractivity contribution in [3.63, 3.8) is 0 Å². The van der Waals surface area contributed by atoms with E-state index in [1.165, 1.54) is 48.2 Å². The van der Waals surface area contributed by atoms with Gasteiger partial charge in [0, 0.05) is 19.4 Å². The van der Waals surface area contributed by atoms with Gasteiger partial charge < -0.3 is 68.5 Å². The second-order valence-electron chi connectivity index (χ2n) is 21.9. The molecule has 2 aliphatic heterocycles. The molecule has 2 aromatic carbocycles. The summed E-state index contributed by atoms with van der Waals surface area (Å²) in [7, 11) is 1.57. The maximum Gasteiger partial charge on any atom is 0.305 e. The number of phenolic OH excluding ortho intramolecular Hbond substituents is 2. The number of aliphatic carboxylic acids is 1. The molecule has 9 amide bonds. The lowest BCUT2D eigenvalue weighted by atomic mass is 9.91. The van der Waals surface area contributed by atoms with Crippen LogP contribution in [0, 0.1) is 11.8 Å². The van der Waals surface area contributed by atoms with Crippen molar-refractivity contribution >= 4 is 59.1 Å². The first kappa shape index (κ1) is 64.0. The first-order chi connectivity index (χ1) is 37.2. The van der Waals surface area contributed by atoms with Crippen molar-refractivity contribution < 1.29 is 63.3 Å². The highest BCUT2D eigenvalue weighted by atomic mass is 16.4. The summed E-state index contributed by atoms with van der Waals surface area (Å²) < 4.78 is 0. The van der Waals surface area contributed by atoms with Crippen molar-refractivity contribution in [3.05, 3.63) is 71.8 Å². The first-order valence-corrected chi connectivity index (χ1v) is 27.1. The molecule has 79 heavy (non-hydrogen) atoms. The third kappa shape index (κ3) is 20.0. The normalized spacial score (nSPS) is 23.7. The van der Waals surface area contributed by atoms with Crippen molar-refractivity contribution in [2.75, 3.05) is 20.1 Å². The molecule has 434 valence electrons. The Balaban J connectivity index is 1.73. The highest BCUT2D eigenvalue weighted by Crippen LogP contribution is 2.22. The van der Waals surface area contributed by atoms with Gasteiger partial charge in [-0.05, 0) is 132 Å². The average molecular weight is 1100 g/mol. The van der Waals surface area contributed by atoms with Crippen LogP contribution in [0.15, 0.2) is 60.7 Å². The molecule has 0 bridgehead atoms. The van der Waals surface area contributed by atoms with Gasteiger partial charge in [0.2, 0.25) is 53.2 Å². The molecule has 0 radical (unpaired) electrons. The number of hydrogen-bond donors (Lipinski definition) is 12. The fourth-order valence-electron chi connectivity index (χ4n) is 9.47. The molecule has 1 unspecified atom stereocenters. The predicted octanol–water partition coefficient (Wildman–Crippen LogP) is 1.23.